The van der Waals surface area contributed by atoms with Gasteiger partial charge in [0.05, 0.1) is 5.75 Å². The summed E-state index contributed by atoms with van der Waals surface area (Å²) in [6, 6.07) is 0. The van der Waals surface area contributed by atoms with E-state index in [-0.39, 0.29) is 5.75 Å². The molecule has 0 heterocycles. The second-order valence-corrected chi connectivity index (χ2v) is 4.09. The molecule has 0 saturated heterocycles. The molecule has 0 aromatic heterocycles. The van der Waals surface area contributed by atoms with Crippen LogP contribution in [0, 0.1) is 0 Å². The summed E-state index contributed by atoms with van der Waals surface area (Å²) in [5.41, 5.74) is 0. The van der Waals surface area contributed by atoms with Crippen molar-refractivity contribution in [1.29, 1.82) is 0 Å². The Morgan fingerprint density at radius 1 is 1.50 bits per heavy atom. The van der Waals surface area contributed by atoms with E-state index < -0.39 is 10.0 Å². The fourth-order valence-electron chi connectivity index (χ4n) is 0.468. The molecular formula is C5H11NO3S. The summed E-state index contributed by atoms with van der Waals surface area (Å²) in [4.78, 5) is 9.97. The highest BCUT2D eigenvalue weighted by molar-refractivity contribution is 7.89. The first-order chi connectivity index (χ1) is 4.54. The fraction of sp³-hybridized carbons (Fsp3) is 0.800. The lowest BCUT2D eigenvalue weighted by molar-refractivity contribution is -0.113. The summed E-state index contributed by atoms with van der Waals surface area (Å²) < 4.78 is 22.4. The second kappa shape index (κ2) is 3.55. The Labute approximate surface area is 60.9 Å². The molecule has 0 radical (unpaired) electrons. The van der Waals surface area contributed by atoms with Gasteiger partial charge in [-0.05, 0) is 6.42 Å². The molecule has 0 aromatic carbocycles. The molecule has 0 N–H and O–H groups in total. The molecule has 4 nitrogen and oxygen atoms in total. The topological polar surface area (TPSA) is 54.5 Å². The third-order valence-corrected chi connectivity index (χ3v) is 2.94. The molecule has 0 fully saturated rings. The molecule has 0 saturated carbocycles. The molecule has 10 heavy (non-hydrogen) atoms. The third kappa shape index (κ3) is 2.34. The number of sulfonamides is 1. The molecule has 0 unspecified atom stereocenters. The Balaban J connectivity index is 4.26. The molecule has 0 rings (SSSR count). The van der Waals surface area contributed by atoms with Crippen molar-refractivity contribution in [2.45, 2.75) is 13.3 Å². The van der Waals surface area contributed by atoms with Gasteiger partial charge >= 0.3 is 0 Å². The van der Waals surface area contributed by atoms with Gasteiger partial charge in [0.15, 0.2) is 0 Å². The maximum absolute atomic E-state index is 10.9. The number of hydrogen-bond acceptors (Lipinski definition) is 3. The molecule has 5 heteroatoms. The number of carbonyl (C=O) groups is 1. The maximum atomic E-state index is 10.9. The van der Waals surface area contributed by atoms with Crippen molar-refractivity contribution < 1.29 is 13.2 Å². The first-order valence-electron chi connectivity index (χ1n) is 2.95. The van der Waals surface area contributed by atoms with Crippen molar-refractivity contribution in [2.24, 2.45) is 0 Å². The molecule has 0 aromatic rings. The molecule has 0 bridgehead atoms. The summed E-state index contributed by atoms with van der Waals surface area (Å²) in [5.74, 6) is 0.0300. The third-order valence-electron chi connectivity index (χ3n) is 1.05. The molecular weight excluding hydrogens is 154 g/mol. The van der Waals surface area contributed by atoms with E-state index in [0.717, 1.165) is 0 Å². The predicted octanol–water partition coefficient (Wildman–Crippen LogP) is -0.186. The minimum atomic E-state index is -3.30. The van der Waals surface area contributed by atoms with Gasteiger partial charge in [0.2, 0.25) is 16.4 Å². The van der Waals surface area contributed by atoms with E-state index in [0.29, 0.717) is 17.1 Å². The summed E-state index contributed by atoms with van der Waals surface area (Å²) in [7, 11) is -2.06. The van der Waals surface area contributed by atoms with Crippen LogP contribution in [0.1, 0.15) is 13.3 Å². The zero-order chi connectivity index (χ0) is 8.20. The van der Waals surface area contributed by atoms with Crippen molar-refractivity contribution in [1.82, 2.24) is 4.31 Å². The average molecular weight is 165 g/mol. The van der Waals surface area contributed by atoms with Crippen LogP contribution < -0.4 is 0 Å². The number of amides is 1. The van der Waals surface area contributed by atoms with Gasteiger partial charge < -0.3 is 0 Å². The van der Waals surface area contributed by atoms with Crippen LogP contribution in [0.4, 0.5) is 0 Å². The van der Waals surface area contributed by atoms with Gasteiger partial charge in [0.1, 0.15) is 0 Å². The van der Waals surface area contributed by atoms with Crippen LogP contribution in [0.15, 0.2) is 0 Å². The first-order valence-corrected chi connectivity index (χ1v) is 4.56. The van der Waals surface area contributed by atoms with E-state index in [1.165, 1.54) is 7.05 Å². The number of hydrogen-bond donors (Lipinski definition) is 0. The Hall–Kier alpha value is -0.580. The standard InChI is InChI=1S/C5H11NO3S/c1-3-4-10(8,9)6(2)5-7/h5H,3-4H2,1-2H3. The molecule has 0 aliphatic heterocycles. The molecule has 60 valence electrons. The highest BCUT2D eigenvalue weighted by Crippen LogP contribution is 1.95. The Bertz CT molecular complexity index is 197. The van der Waals surface area contributed by atoms with E-state index >= 15 is 0 Å². The van der Waals surface area contributed by atoms with E-state index in [2.05, 4.69) is 0 Å². The normalized spacial score (nSPS) is 11.0. The molecule has 1 amide bonds. The number of carbonyl (C=O) groups excluding carboxylic acids is 1. The Kier molecular flexibility index (Phi) is 3.35. The monoisotopic (exact) mass is 165 g/mol. The van der Waals surface area contributed by atoms with Crippen molar-refractivity contribution in [3.05, 3.63) is 0 Å². The van der Waals surface area contributed by atoms with E-state index in [4.69, 9.17) is 0 Å². The SMILES string of the molecule is CCCS(=O)(=O)N(C)C=O. The Morgan fingerprint density at radius 3 is 2.30 bits per heavy atom. The van der Waals surface area contributed by atoms with Gasteiger partial charge in [-0.25, -0.2) is 12.7 Å². The van der Waals surface area contributed by atoms with E-state index in [1.54, 1.807) is 6.92 Å². The second-order valence-electron chi connectivity index (χ2n) is 1.94. The molecule has 0 aliphatic carbocycles. The van der Waals surface area contributed by atoms with Crippen molar-refractivity contribution >= 4 is 16.4 Å². The van der Waals surface area contributed by atoms with Crippen LogP contribution in [-0.2, 0) is 14.8 Å². The van der Waals surface area contributed by atoms with Gasteiger partial charge in [-0.1, -0.05) is 6.92 Å². The number of rotatable bonds is 4. The van der Waals surface area contributed by atoms with Crippen LogP contribution in [0.25, 0.3) is 0 Å². The highest BCUT2D eigenvalue weighted by atomic mass is 32.2. The van der Waals surface area contributed by atoms with E-state index in [1.807, 2.05) is 0 Å². The maximum Gasteiger partial charge on any atom is 0.236 e. The lowest BCUT2D eigenvalue weighted by Crippen LogP contribution is -2.27. The summed E-state index contributed by atoms with van der Waals surface area (Å²) >= 11 is 0. The quantitative estimate of drug-likeness (QED) is 0.543. The van der Waals surface area contributed by atoms with Crippen LogP contribution in [-0.4, -0.2) is 31.9 Å². The zero-order valence-corrected chi connectivity index (χ0v) is 6.89. The van der Waals surface area contributed by atoms with Gasteiger partial charge in [-0.15, -0.1) is 0 Å². The van der Waals surface area contributed by atoms with E-state index in [9.17, 15) is 13.2 Å². The highest BCUT2D eigenvalue weighted by Gasteiger charge is 2.12. The first kappa shape index (κ1) is 9.42. The molecule has 0 atom stereocenters. The minimum absolute atomic E-state index is 0.0300. The number of nitrogens with zero attached hydrogens (tertiary/aromatic N) is 1. The Morgan fingerprint density at radius 2 is 2.00 bits per heavy atom. The van der Waals surface area contributed by atoms with Crippen LogP contribution in [0.5, 0.6) is 0 Å². The summed E-state index contributed by atoms with van der Waals surface area (Å²) in [6.07, 6.45) is 0.825. The lowest BCUT2D eigenvalue weighted by atomic mass is 10.6. The van der Waals surface area contributed by atoms with Crippen molar-refractivity contribution in [2.75, 3.05) is 12.8 Å². The largest absolute Gasteiger partial charge is 0.278 e. The smallest absolute Gasteiger partial charge is 0.236 e. The van der Waals surface area contributed by atoms with Gasteiger partial charge in [0, 0.05) is 7.05 Å². The van der Waals surface area contributed by atoms with Gasteiger partial charge in [-0.3, -0.25) is 4.79 Å². The molecule has 0 spiro atoms. The van der Waals surface area contributed by atoms with Crippen LogP contribution in [0.2, 0.25) is 0 Å². The molecule has 0 aliphatic rings. The van der Waals surface area contributed by atoms with Crippen molar-refractivity contribution in [3.8, 4) is 0 Å². The zero-order valence-electron chi connectivity index (χ0n) is 6.07. The predicted molar refractivity (Wildman–Crippen MR) is 37.9 cm³/mol. The minimum Gasteiger partial charge on any atom is -0.278 e. The van der Waals surface area contributed by atoms with Gasteiger partial charge in [-0.2, -0.15) is 0 Å². The average Bonchev–Trinajstić information content (AvgIpc) is 1.86. The summed E-state index contributed by atoms with van der Waals surface area (Å²) in [5, 5.41) is 0. The summed E-state index contributed by atoms with van der Waals surface area (Å²) in [6.45, 7) is 1.75. The lowest BCUT2D eigenvalue weighted by Gasteiger charge is -2.09. The van der Waals surface area contributed by atoms with Crippen molar-refractivity contribution in [3.63, 3.8) is 0 Å². The van der Waals surface area contributed by atoms with Gasteiger partial charge in [0.25, 0.3) is 0 Å². The fourth-order valence-corrected chi connectivity index (χ4v) is 1.40. The van der Waals surface area contributed by atoms with Crippen LogP contribution in [0.3, 0.4) is 0 Å². The van der Waals surface area contributed by atoms with Crippen LogP contribution >= 0.6 is 0 Å².